The third-order valence-corrected chi connectivity index (χ3v) is 2.62. The average molecular weight is 258 g/mol. The summed E-state index contributed by atoms with van der Waals surface area (Å²) in [5.41, 5.74) is -0.393. The molecule has 0 aliphatic carbocycles. The van der Waals surface area contributed by atoms with E-state index in [0.29, 0.717) is 5.56 Å². The van der Waals surface area contributed by atoms with Crippen molar-refractivity contribution in [3.05, 3.63) is 53.3 Å². The minimum Gasteiger partial charge on any atom is -0.264 e. The molecule has 0 fully saturated rings. The number of benzene rings is 1. The van der Waals surface area contributed by atoms with Gasteiger partial charge in [-0.25, -0.2) is 0 Å². The summed E-state index contributed by atoms with van der Waals surface area (Å²) in [6.07, 6.45) is -2.32. The van der Waals surface area contributed by atoms with E-state index in [2.05, 4.69) is 4.98 Å². The molecule has 0 N–H and O–H groups in total. The van der Waals surface area contributed by atoms with Crippen LogP contribution in [0.2, 0.25) is 5.02 Å². The van der Waals surface area contributed by atoms with Gasteiger partial charge < -0.3 is 0 Å². The maximum atomic E-state index is 12.8. The predicted octanol–water partition coefficient (Wildman–Crippen LogP) is 4.42. The van der Waals surface area contributed by atoms with Gasteiger partial charge in [0, 0.05) is 23.0 Å². The molecule has 0 bridgehead atoms. The van der Waals surface area contributed by atoms with Crippen molar-refractivity contribution in [3.63, 3.8) is 0 Å². The standard InChI is InChI=1S/C12H7ClF3N/c13-11-4-2-1-3-9(11)8-5-6-17-7-10(8)12(14,15)16/h1-7H. The lowest BCUT2D eigenvalue weighted by molar-refractivity contribution is -0.137. The minimum absolute atomic E-state index is 0.0399. The molecule has 1 heterocycles. The van der Waals surface area contributed by atoms with Gasteiger partial charge in [-0.2, -0.15) is 13.2 Å². The fraction of sp³-hybridized carbons (Fsp3) is 0.0833. The number of pyridine rings is 1. The molecule has 0 aliphatic rings. The molecule has 0 spiro atoms. The molecular formula is C12H7ClF3N. The first kappa shape index (κ1) is 11.9. The second-order valence-electron chi connectivity index (χ2n) is 3.40. The summed E-state index contributed by atoms with van der Waals surface area (Å²) in [4.78, 5) is 3.50. The SMILES string of the molecule is FC(F)(F)c1cnccc1-c1ccccc1Cl. The zero-order valence-corrected chi connectivity index (χ0v) is 9.26. The quantitative estimate of drug-likeness (QED) is 0.737. The van der Waals surface area contributed by atoms with Crippen molar-refractivity contribution in [1.82, 2.24) is 4.98 Å². The van der Waals surface area contributed by atoms with Crippen LogP contribution in [-0.2, 0) is 6.18 Å². The molecule has 0 radical (unpaired) electrons. The van der Waals surface area contributed by atoms with Crippen molar-refractivity contribution >= 4 is 11.6 Å². The van der Waals surface area contributed by atoms with Crippen LogP contribution >= 0.6 is 11.6 Å². The van der Waals surface area contributed by atoms with Crippen LogP contribution in [0.25, 0.3) is 11.1 Å². The Kier molecular flexibility index (Phi) is 3.07. The molecule has 0 unspecified atom stereocenters. The van der Waals surface area contributed by atoms with Crippen LogP contribution in [0, 0.1) is 0 Å². The normalized spacial score (nSPS) is 11.5. The molecule has 0 atom stereocenters. The molecule has 1 aromatic carbocycles. The van der Waals surface area contributed by atoms with Gasteiger partial charge in [0.2, 0.25) is 0 Å². The molecule has 5 heteroatoms. The Hall–Kier alpha value is -1.55. The lowest BCUT2D eigenvalue weighted by Gasteiger charge is -2.12. The van der Waals surface area contributed by atoms with E-state index in [-0.39, 0.29) is 10.6 Å². The summed E-state index contributed by atoms with van der Waals surface area (Å²) in [6, 6.07) is 7.72. The monoisotopic (exact) mass is 257 g/mol. The van der Waals surface area contributed by atoms with Gasteiger partial charge >= 0.3 is 6.18 Å². The number of nitrogens with zero attached hydrogens (tertiary/aromatic N) is 1. The molecule has 2 aromatic rings. The number of rotatable bonds is 1. The van der Waals surface area contributed by atoms with Gasteiger partial charge in [0.05, 0.1) is 5.56 Å². The Labute approximate surface area is 101 Å². The molecule has 1 nitrogen and oxygen atoms in total. The predicted molar refractivity (Wildman–Crippen MR) is 59.7 cm³/mol. The van der Waals surface area contributed by atoms with Crippen LogP contribution in [0.5, 0.6) is 0 Å². The maximum Gasteiger partial charge on any atom is 0.418 e. The van der Waals surface area contributed by atoms with Gasteiger partial charge in [0.1, 0.15) is 0 Å². The Morgan fingerprint density at radius 3 is 2.35 bits per heavy atom. The fourth-order valence-corrected chi connectivity index (χ4v) is 1.77. The number of hydrogen-bond donors (Lipinski definition) is 0. The van der Waals surface area contributed by atoms with Gasteiger partial charge in [0.25, 0.3) is 0 Å². The van der Waals surface area contributed by atoms with Crippen molar-refractivity contribution in [2.75, 3.05) is 0 Å². The summed E-state index contributed by atoms with van der Waals surface area (Å²) in [7, 11) is 0. The first-order valence-electron chi connectivity index (χ1n) is 4.76. The molecule has 1 aromatic heterocycles. The molecule has 0 saturated carbocycles. The smallest absolute Gasteiger partial charge is 0.264 e. The summed E-state index contributed by atoms with van der Waals surface area (Å²) in [6.45, 7) is 0. The molecule has 0 aliphatic heterocycles. The van der Waals surface area contributed by atoms with E-state index in [1.807, 2.05) is 0 Å². The van der Waals surface area contributed by atoms with Gasteiger partial charge in [-0.05, 0) is 17.7 Å². The molecule has 0 amide bonds. The van der Waals surface area contributed by atoms with E-state index in [1.54, 1.807) is 24.3 Å². The largest absolute Gasteiger partial charge is 0.418 e. The highest BCUT2D eigenvalue weighted by Gasteiger charge is 2.34. The van der Waals surface area contributed by atoms with Gasteiger partial charge in [0.15, 0.2) is 0 Å². The molecule has 2 rings (SSSR count). The molecular weight excluding hydrogens is 251 g/mol. The highest BCUT2D eigenvalue weighted by Crippen LogP contribution is 2.38. The first-order valence-corrected chi connectivity index (χ1v) is 5.14. The summed E-state index contributed by atoms with van der Waals surface area (Å²) < 4.78 is 38.3. The van der Waals surface area contributed by atoms with Gasteiger partial charge in [-0.1, -0.05) is 29.8 Å². The van der Waals surface area contributed by atoms with Crippen LogP contribution < -0.4 is 0 Å². The second kappa shape index (κ2) is 4.37. The van der Waals surface area contributed by atoms with Crippen LogP contribution in [0.1, 0.15) is 5.56 Å². The van der Waals surface area contributed by atoms with Crippen molar-refractivity contribution in [1.29, 1.82) is 0 Å². The van der Waals surface area contributed by atoms with Crippen LogP contribution in [-0.4, -0.2) is 4.98 Å². The lowest BCUT2D eigenvalue weighted by Crippen LogP contribution is -2.07. The Bertz CT molecular complexity index is 537. The zero-order valence-electron chi connectivity index (χ0n) is 8.50. The Balaban J connectivity index is 2.65. The lowest BCUT2D eigenvalue weighted by atomic mass is 10.0. The summed E-state index contributed by atoms with van der Waals surface area (Å²) in [5.74, 6) is 0. The zero-order chi connectivity index (χ0) is 12.5. The van der Waals surface area contributed by atoms with Crippen LogP contribution in [0.15, 0.2) is 42.7 Å². The van der Waals surface area contributed by atoms with Crippen LogP contribution in [0.4, 0.5) is 13.2 Å². The van der Waals surface area contributed by atoms with Crippen molar-refractivity contribution in [2.45, 2.75) is 6.18 Å². The second-order valence-corrected chi connectivity index (χ2v) is 3.81. The van der Waals surface area contributed by atoms with Crippen LogP contribution in [0.3, 0.4) is 0 Å². The molecule has 0 saturated heterocycles. The van der Waals surface area contributed by atoms with E-state index in [4.69, 9.17) is 11.6 Å². The third kappa shape index (κ3) is 2.42. The summed E-state index contributed by atoms with van der Waals surface area (Å²) >= 11 is 5.89. The maximum absolute atomic E-state index is 12.8. The number of hydrogen-bond acceptors (Lipinski definition) is 1. The minimum atomic E-state index is -4.44. The van der Waals surface area contributed by atoms with E-state index in [0.717, 1.165) is 6.20 Å². The van der Waals surface area contributed by atoms with Crippen molar-refractivity contribution in [3.8, 4) is 11.1 Å². The Morgan fingerprint density at radius 2 is 1.71 bits per heavy atom. The fourth-order valence-electron chi connectivity index (χ4n) is 1.53. The van der Waals surface area contributed by atoms with E-state index in [1.165, 1.54) is 12.3 Å². The highest BCUT2D eigenvalue weighted by atomic mass is 35.5. The molecule has 88 valence electrons. The van der Waals surface area contributed by atoms with Gasteiger partial charge in [-0.15, -0.1) is 0 Å². The number of halogens is 4. The highest BCUT2D eigenvalue weighted by molar-refractivity contribution is 6.33. The average Bonchev–Trinajstić information content (AvgIpc) is 2.28. The van der Waals surface area contributed by atoms with Crippen molar-refractivity contribution < 1.29 is 13.2 Å². The third-order valence-electron chi connectivity index (χ3n) is 2.29. The summed E-state index contributed by atoms with van der Waals surface area (Å²) in [5, 5.41) is 0.282. The first-order chi connectivity index (χ1) is 8.00. The van der Waals surface area contributed by atoms with Crippen molar-refractivity contribution in [2.24, 2.45) is 0 Å². The topological polar surface area (TPSA) is 12.9 Å². The molecule has 17 heavy (non-hydrogen) atoms. The van der Waals surface area contributed by atoms with E-state index in [9.17, 15) is 13.2 Å². The Morgan fingerprint density at radius 1 is 1.00 bits per heavy atom. The number of alkyl halides is 3. The van der Waals surface area contributed by atoms with E-state index < -0.39 is 11.7 Å². The number of aromatic nitrogens is 1. The van der Waals surface area contributed by atoms with Gasteiger partial charge in [-0.3, -0.25) is 4.98 Å². The van der Waals surface area contributed by atoms with E-state index >= 15 is 0 Å².